The highest BCUT2D eigenvalue weighted by Gasteiger charge is 2.47. The fraction of sp³-hybridized carbons (Fsp3) is 0.857. The zero-order valence-electron chi connectivity index (χ0n) is 11.3. The van der Waals surface area contributed by atoms with E-state index in [4.69, 9.17) is 0 Å². The van der Waals surface area contributed by atoms with Gasteiger partial charge >= 0.3 is 5.97 Å². The van der Waals surface area contributed by atoms with Gasteiger partial charge in [0.05, 0.1) is 5.41 Å². The summed E-state index contributed by atoms with van der Waals surface area (Å²) in [5.74, 6) is -0.197. The highest BCUT2D eigenvalue weighted by molar-refractivity contribution is 5.86. The van der Waals surface area contributed by atoms with Crippen molar-refractivity contribution in [3.63, 3.8) is 0 Å². The van der Waals surface area contributed by atoms with Crippen molar-refractivity contribution in [2.75, 3.05) is 6.54 Å². The average Bonchev–Trinajstić information content (AvgIpc) is 2.64. The van der Waals surface area contributed by atoms with E-state index in [-0.39, 0.29) is 12.3 Å². The predicted octanol–water partition coefficient (Wildman–Crippen LogP) is 2.28. The molecule has 1 heterocycles. The molecule has 0 bridgehead atoms. The summed E-state index contributed by atoms with van der Waals surface area (Å²) in [5.41, 5.74) is -0.749. The van der Waals surface area contributed by atoms with Crippen molar-refractivity contribution in [2.24, 2.45) is 11.3 Å². The van der Waals surface area contributed by atoms with Crippen LogP contribution in [-0.2, 0) is 9.59 Å². The van der Waals surface area contributed by atoms with E-state index >= 15 is 0 Å². The molecule has 1 saturated carbocycles. The average molecular weight is 253 g/mol. The van der Waals surface area contributed by atoms with Crippen LogP contribution in [0.5, 0.6) is 0 Å². The number of carboxylic acid groups (broad SMARTS) is 1. The molecule has 0 aromatic heterocycles. The van der Waals surface area contributed by atoms with Crippen LogP contribution in [0.15, 0.2) is 0 Å². The molecule has 0 spiro atoms. The minimum atomic E-state index is -0.789. The Kier molecular flexibility index (Phi) is 3.64. The molecule has 2 unspecified atom stereocenters. The number of aliphatic carboxylic acids is 1. The largest absolute Gasteiger partial charge is 0.481 e. The zero-order valence-corrected chi connectivity index (χ0v) is 11.3. The van der Waals surface area contributed by atoms with E-state index < -0.39 is 11.4 Å². The minimum Gasteiger partial charge on any atom is -0.481 e. The van der Waals surface area contributed by atoms with Crippen LogP contribution < -0.4 is 0 Å². The summed E-state index contributed by atoms with van der Waals surface area (Å²) in [4.78, 5) is 25.6. The van der Waals surface area contributed by atoms with Gasteiger partial charge < -0.3 is 10.0 Å². The third kappa shape index (κ3) is 2.25. The van der Waals surface area contributed by atoms with Crippen molar-refractivity contribution >= 4 is 11.9 Å². The van der Waals surface area contributed by atoms with E-state index in [0.717, 1.165) is 25.8 Å². The number of carbonyl (C=O) groups excluding carboxylic acids is 1. The molecule has 1 N–H and O–H groups in total. The van der Waals surface area contributed by atoms with Gasteiger partial charge in [0.25, 0.3) is 0 Å². The molecule has 0 aromatic rings. The number of amides is 1. The van der Waals surface area contributed by atoms with E-state index in [0.29, 0.717) is 24.8 Å². The maximum absolute atomic E-state index is 12.3. The maximum Gasteiger partial charge on any atom is 0.310 e. The lowest BCUT2D eigenvalue weighted by Crippen LogP contribution is -2.45. The van der Waals surface area contributed by atoms with E-state index in [9.17, 15) is 14.7 Å². The van der Waals surface area contributed by atoms with Gasteiger partial charge in [-0.25, -0.2) is 0 Å². The molecule has 18 heavy (non-hydrogen) atoms. The van der Waals surface area contributed by atoms with E-state index in [1.165, 1.54) is 0 Å². The van der Waals surface area contributed by atoms with Gasteiger partial charge in [0.1, 0.15) is 0 Å². The van der Waals surface area contributed by atoms with E-state index in [1.54, 1.807) is 0 Å². The molecule has 2 aliphatic rings. The van der Waals surface area contributed by atoms with Gasteiger partial charge in [-0.1, -0.05) is 20.3 Å². The van der Waals surface area contributed by atoms with Crippen LogP contribution in [0.2, 0.25) is 0 Å². The zero-order chi connectivity index (χ0) is 13.3. The topological polar surface area (TPSA) is 57.6 Å². The van der Waals surface area contributed by atoms with Crippen LogP contribution in [0.1, 0.15) is 52.4 Å². The molecule has 2 fully saturated rings. The van der Waals surface area contributed by atoms with Crippen LogP contribution in [0.25, 0.3) is 0 Å². The molecule has 2 atom stereocenters. The maximum atomic E-state index is 12.3. The van der Waals surface area contributed by atoms with Crippen LogP contribution in [0.4, 0.5) is 0 Å². The third-order valence-corrected chi connectivity index (χ3v) is 4.67. The van der Waals surface area contributed by atoms with Gasteiger partial charge in [-0.05, 0) is 31.6 Å². The number of carboxylic acids is 1. The molecular formula is C14H23NO3. The summed E-state index contributed by atoms with van der Waals surface area (Å²) in [7, 11) is 0. The molecule has 1 aliphatic heterocycles. The molecule has 102 valence electrons. The fourth-order valence-electron chi connectivity index (χ4n) is 3.30. The van der Waals surface area contributed by atoms with Gasteiger partial charge in [-0.15, -0.1) is 0 Å². The number of nitrogens with zero attached hydrogens (tertiary/aromatic N) is 1. The number of rotatable bonds is 4. The van der Waals surface area contributed by atoms with Crippen molar-refractivity contribution in [3.8, 4) is 0 Å². The van der Waals surface area contributed by atoms with Crippen molar-refractivity contribution in [3.05, 3.63) is 0 Å². The Morgan fingerprint density at radius 2 is 2.06 bits per heavy atom. The summed E-state index contributed by atoms with van der Waals surface area (Å²) in [6, 6.07) is 0.318. The van der Waals surface area contributed by atoms with Gasteiger partial charge in [0, 0.05) is 19.0 Å². The first-order valence-electron chi connectivity index (χ1n) is 7.01. The number of hydrogen-bond donors (Lipinski definition) is 1. The van der Waals surface area contributed by atoms with Crippen LogP contribution in [0, 0.1) is 11.3 Å². The Hall–Kier alpha value is -1.06. The number of hydrogen-bond acceptors (Lipinski definition) is 2. The van der Waals surface area contributed by atoms with Crippen molar-refractivity contribution in [1.29, 1.82) is 0 Å². The van der Waals surface area contributed by atoms with Gasteiger partial charge in [0.2, 0.25) is 5.91 Å². The first kappa shape index (κ1) is 13.4. The predicted molar refractivity (Wildman–Crippen MR) is 68.1 cm³/mol. The third-order valence-electron chi connectivity index (χ3n) is 4.67. The molecule has 4 heteroatoms. The van der Waals surface area contributed by atoms with E-state index in [2.05, 4.69) is 13.8 Å². The summed E-state index contributed by atoms with van der Waals surface area (Å²) in [6.45, 7) is 5.05. The summed E-state index contributed by atoms with van der Waals surface area (Å²) < 4.78 is 0. The first-order valence-corrected chi connectivity index (χ1v) is 7.01. The minimum absolute atomic E-state index is 0.0494. The quantitative estimate of drug-likeness (QED) is 0.836. The molecule has 1 aliphatic carbocycles. The Morgan fingerprint density at radius 3 is 2.50 bits per heavy atom. The smallest absolute Gasteiger partial charge is 0.310 e. The van der Waals surface area contributed by atoms with Crippen LogP contribution in [-0.4, -0.2) is 34.5 Å². The first-order chi connectivity index (χ1) is 8.48. The Morgan fingerprint density at radius 1 is 1.39 bits per heavy atom. The van der Waals surface area contributed by atoms with Crippen molar-refractivity contribution < 1.29 is 14.7 Å². The molecule has 2 rings (SSSR count). The Labute approximate surface area is 108 Å². The lowest BCUT2D eigenvalue weighted by Gasteiger charge is -2.38. The lowest BCUT2D eigenvalue weighted by molar-refractivity contribution is -0.159. The summed E-state index contributed by atoms with van der Waals surface area (Å²) >= 11 is 0. The van der Waals surface area contributed by atoms with Gasteiger partial charge in [0.15, 0.2) is 0 Å². The molecule has 1 saturated heterocycles. The van der Waals surface area contributed by atoms with Gasteiger partial charge in [-0.3, -0.25) is 9.59 Å². The SMILES string of the molecule is CCC1CC(C)CN1C(=O)CC1(C(=O)O)CCC1. The lowest BCUT2D eigenvalue weighted by atomic mass is 9.66. The second-order valence-corrected chi connectivity index (χ2v) is 6.06. The van der Waals surface area contributed by atoms with Crippen molar-refractivity contribution in [2.45, 2.75) is 58.4 Å². The number of carbonyl (C=O) groups is 2. The van der Waals surface area contributed by atoms with Crippen LogP contribution in [0.3, 0.4) is 0 Å². The molecular weight excluding hydrogens is 230 g/mol. The highest BCUT2D eigenvalue weighted by atomic mass is 16.4. The van der Waals surface area contributed by atoms with Crippen LogP contribution >= 0.6 is 0 Å². The van der Waals surface area contributed by atoms with Gasteiger partial charge in [-0.2, -0.15) is 0 Å². The second-order valence-electron chi connectivity index (χ2n) is 6.06. The molecule has 0 aromatic carbocycles. The second kappa shape index (κ2) is 4.90. The molecule has 1 amide bonds. The van der Waals surface area contributed by atoms with E-state index in [1.807, 2.05) is 4.90 Å². The number of likely N-dealkylation sites (tertiary alicyclic amines) is 1. The normalized spacial score (nSPS) is 30.0. The standard InChI is InChI=1S/C14H23NO3/c1-3-11-7-10(2)9-15(11)12(16)8-14(13(17)18)5-4-6-14/h10-11H,3-9H2,1-2H3,(H,17,18). The summed E-state index contributed by atoms with van der Waals surface area (Å²) in [5, 5.41) is 9.28. The molecule has 0 radical (unpaired) electrons. The highest BCUT2D eigenvalue weighted by Crippen LogP contribution is 2.45. The molecule has 4 nitrogen and oxygen atoms in total. The summed E-state index contributed by atoms with van der Waals surface area (Å²) in [6.07, 6.45) is 4.49. The fourth-order valence-corrected chi connectivity index (χ4v) is 3.30. The van der Waals surface area contributed by atoms with Crippen molar-refractivity contribution in [1.82, 2.24) is 4.90 Å². The monoisotopic (exact) mass is 253 g/mol. The Balaban J connectivity index is 2.01. The Bertz CT molecular complexity index is 349.